The topological polar surface area (TPSA) is 69.6 Å². The lowest BCUT2D eigenvalue weighted by Crippen LogP contribution is -2.51. The van der Waals surface area contributed by atoms with Gasteiger partial charge in [-0.05, 0) is 49.2 Å². The average Bonchev–Trinajstić information content (AvgIpc) is 2.79. The lowest BCUT2D eigenvalue weighted by molar-refractivity contribution is -0.139. The van der Waals surface area contributed by atoms with Crippen molar-refractivity contribution in [2.45, 2.75) is 12.8 Å². The summed E-state index contributed by atoms with van der Waals surface area (Å²) in [5.74, 6) is 0.746. The summed E-state index contributed by atoms with van der Waals surface area (Å²) in [4.78, 5) is 29.3. The van der Waals surface area contributed by atoms with E-state index in [1.54, 1.807) is 17.0 Å². The van der Waals surface area contributed by atoms with Crippen LogP contribution in [0.25, 0.3) is 11.3 Å². The van der Waals surface area contributed by atoms with Crippen molar-refractivity contribution in [2.24, 2.45) is 5.92 Å². The van der Waals surface area contributed by atoms with Crippen molar-refractivity contribution >= 4 is 18.1 Å². The van der Waals surface area contributed by atoms with Gasteiger partial charge in [-0.15, -0.1) is 10.2 Å². The Morgan fingerprint density at radius 1 is 0.931 bits per heavy atom. The van der Waals surface area contributed by atoms with Gasteiger partial charge in [0.05, 0.1) is 5.69 Å². The number of halogens is 1. The lowest BCUT2D eigenvalue weighted by atomic mass is 9.95. The summed E-state index contributed by atoms with van der Waals surface area (Å²) >= 11 is 0. The van der Waals surface area contributed by atoms with Gasteiger partial charge in [-0.25, -0.2) is 4.39 Å². The molecule has 7 nitrogen and oxygen atoms in total. The van der Waals surface area contributed by atoms with Gasteiger partial charge in [-0.2, -0.15) is 0 Å². The third-order valence-electron chi connectivity index (χ3n) is 5.73. The molecule has 2 fully saturated rings. The molecule has 4 rings (SSSR count). The van der Waals surface area contributed by atoms with Crippen molar-refractivity contribution in [3.05, 3.63) is 42.2 Å². The minimum absolute atomic E-state index is 0.0282. The molecule has 0 unspecified atom stereocenters. The average molecular weight is 397 g/mol. The summed E-state index contributed by atoms with van der Waals surface area (Å²) in [6.07, 6.45) is 2.42. The zero-order valence-electron chi connectivity index (χ0n) is 16.2. The number of piperazine rings is 1. The van der Waals surface area contributed by atoms with Crippen LogP contribution in [-0.2, 0) is 9.59 Å². The second-order valence-electron chi connectivity index (χ2n) is 7.51. The van der Waals surface area contributed by atoms with Crippen LogP contribution < -0.4 is 4.90 Å². The Labute approximate surface area is 169 Å². The summed E-state index contributed by atoms with van der Waals surface area (Å²) in [6.45, 7) is 3.99. The van der Waals surface area contributed by atoms with Gasteiger partial charge in [0.2, 0.25) is 12.3 Å². The second-order valence-corrected chi connectivity index (χ2v) is 7.51. The molecule has 0 aliphatic carbocycles. The fourth-order valence-electron chi connectivity index (χ4n) is 3.93. The van der Waals surface area contributed by atoms with Crippen LogP contribution in [0.2, 0.25) is 0 Å². The zero-order chi connectivity index (χ0) is 20.2. The third-order valence-corrected chi connectivity index (χ3v) is 5.73. The summed E-state index contributed by atoms with van der Waals surface area (Å²) in [7, 11) is 0. The molecule has 2 aliphatic heterocycles. The molecule has 3 heterocycles. The number of hydrogen-bond acceptors (Lipinski definition) is 5. The lowest BCUT2D eigenvalue weighted by Gasteiger charge is -2.37. The fourth-order valence-corrected chi connectivity index (χ4v) is 3.93. The van der Waals surface area contributed by atoms with Crippen LogP contribution in [0.15, 0.2) is 36.4 Å². The number of carbonyl (C=O) groups excluding carboxylic acids is 2. The number of piperidine rings is 1. The molecule has 2 amide bonds. The van der Waals surface area contributed by atoms with Crippen molar-refractivity contribution in [2.75, 3.05) is 44.2 Å². The Kier molecular flexibility index (Phi) is 5.69. The molecule has 0 saturated carbocycles. The van der Waals surface area contributed by atoms with Crippen molar-refractivity contribution in [3.63, 3.8) is 0 Å². The molecule has 2 aliphatic rings. The highest BCUT2D eigenvalue weighted by Gasteiger charge is 2.30. The van der Waals surface area contributed by atoms with Gasteiger partial charge in [-0.3, -0.25) is 9.59 Å². The van der Waals surface area contributed by atoms with E-state index < -0.39 is 0 Å². The maximum Gasteiger partial charge on any atom is 0.225 e. The Balaban J connectivity index is 1.32. The highest BCUT2D eigenvalue weighted by Crippen LogP contribution is 2.25. The van der Waals surface area contributed by atoms with Gasteiger partial charge in [-0.1, -0.05) is 0 Å². The van der Waals surface area contributed by atoms with E-state index in [0.29, 0.717) is 31.9 Å². The number of hydrogen-bond donors (Lipinski definition) is 0. The number of carbonyl (C=O) groups is 2. The molecule has 0 spiro atoms. The molecular weight excluding hydrogens is 373 g/mol. The first-order chi connectivity index (χ1) is 14.1. The number of benzene rings is 1. The van der Waals surface area contributed by atoms with E-state index in [2.05, 4.69) is 15.1 Å². The van der Waals surface area contributed by atoms with Crippen LogP contribution in [0.4, 0.5) is 10.2 Å². The number of amides is 2. The largest absolute Gasteiger partial charge is 0.355 e. The first kappa shape index (κ1) is 19.3. The predicted molar refractivity (Wildman–Crippen MR) is 107 cm³/mol. The van der Waals surface area contributed by atoms with Gasteiger partial charge < -0.3 is 14.7 Å². The van der Waals surface area contributed by atoms with Crippen LogP contribution >= 0.6 is 0 Å². The van der Waals surface area contributed by atoms with Crippen LogP contribution in [0, 0.1) is 11.7 Å². The number of aromatic nitrogens is 2. The van der Waals surface area contributed by atoms with Crippen LogP contribution in [0.5, 0.6) is 0 Å². The molecule has 1 aromatic carbocycles. The quantitative estimate of drug-likeness (QED) is 0.736. The summed E-state index contributed by atoms with van der Waals surface area (Å²) in [5.41, 5.74) is 1.53. The molecule has 29 heavy (non-hydrogen) atoms. The van der Waals surface area contributed by atoms with Crippen LogP contribution in [0.3, 0.4) is 0 Å². The van der Waals surface area contributed by atoms with Gasteiger partial charge in [0, 0.05) is 50.7 Å². The molecule has 0 atom stereocenters. The Morgan fingerprint density at radius 2 is 1.62 bits per heavy atom. The molecule has 1 aromatic heterocycles. The van der Waals surface area contributed by atoms with Crippen LogP contribution in [-0.4, -0.2) is 71.6 Å². The van der Waals surface area contributed by atoms with E-state index >= 15 is 0 Å². The Hall–Kier alpha value is -3.03. The van der Waals surface area contributed by atoms with E-state index in [-0.39, 0.29) is 17.6 Å². The Morgan fingerprint density at radius 3 is 2.21 bits per heavy atom. The molecule has 152 valence electrons. The van der Waals surface area contributed by atoms with Crippen molar-refractivity contribution in [3.8, 4) is 11.3 Å². The molecule has 8 heteroatoms. The van der Waals surface area contributed by atoms with Gasteiger partial charge in [0.25, 0.3) is 0 Å². The number of anilines is 1. The zero-order valence-corrected chi connectivity index (χ0v) is 16.2. The fraction of sp³-hybridized carbons (Fsp3) is 0.429. The second kappa shape index (κ2) is 8.55. The molecular formula is C21H24FN5O2. The smallest absolute Gasteiger partial charge is 0.225 e. The highest BCUT2D eigenvalue weighted by molar-refractivity contribution is 5.79. The molecule has 0 bridgehead atoms. The summed E-state index contributed by atoms with van der Waals surface area (Å²) < 4.78 is 13.1. The maximum atomic E-state index is 13.1. The molecule has 0 N–H and O–H groups in total. The van der Waals surface area contributed by atoms with Crippen molar-refractivity contribution in [1.29, 1.82) is 0 Å². The predicted octanol–water partition coefficient (Wildman–Crippen LogP) is 1.80. The SMILES string of the molecule is O=CN1CCN(C(=O)C2CCN(c3ccc(-c4ccc(F)cc4)nn3)CC2)CC1. The minimum atomic E-state index is -0.277. The van der Waals surface area contributed by atoms with E-state index in [9.17, 15) is 14.0 Å². The van der Waals surface area contributed by atoms with Gasteiger partial charge >= 0.3 is 0 Å². The number of nitrogens with zero attached hydrogens (tertiary/aromatic N) is 5. The summed E-state index contributed by atoms with van der Waals surface area (Å²) in [6, 6.07) is 10.00. The normalized spacial score (nSPS) is 18.0. The van der Waals surface area contributed by atoms with E-state index in [1.807, 2.05) is 17.0 Å². The maximum absolute atomic E-state index is 13.1. The first-order valence-electron chi connectivity index (χ1n) is 9.97. The van der Waals surface area contributed by atoms with Crippen molar-refractivity contribution < 1.29 is 14.0 Å². The van der Waals surface area contributed by atoms with Gasteiger partial charge in [0.1, 0.15) is 5.82 Å². The van der Waals surface area contributed by atoms with Gasteiger partial charge in [0.15, 0.2) is 5.82 Å². The minimum Gasteiger partial charge on any atom is -0.355 e. The van der Waals surface area contributed by atoms with E-state index in [1.165, 1.54) is 12.1 Å². The van der Waals surface area contributed by atoms with E-state index in [0.717, 1.165) is 43.7 Å². The van der Waals surface area contributed by atoms with Crippen molar-refractivity contribution in [1.82, 2.24) is 20.0 Å². The standard InChI is InChI=1S/C21H24FN5O2/c22-18-3-1-16(2-4-18)19-5-6-20(24-23-19)26-9-7-17(8-10-26)21(29)27-13-11-25(15-28)12-14-27/h1-6,15,17H,7-14H2. The third kappa shape index (κ3) is 4.36. The summed E-state index contributed by atoms with van der Waals surface area (Å²) in [5, 5.41) is 8.60. The molecule has 2 saturated heterocycles. The highest BCUT2D eigenvalue weighted by atomic mass is 19.1. The Bertz CT molecular complexity index is 842. The monoisotopic (exact) mass is 397 g/mol. The molecule has 2 aromatic rings. The molecule has 0 radical (unpaired) electrons. The first-order valence-corrected chi connectivity index (χ1v) is 9.97. The van der Waals surface area contributed by atoms with E-state index in [4.69, 9.17) is 0 Å². The van der Waals surface area contributed by atoms with Crippen LogP contribution in [0.1, 0.15) is 12.8 Å². The number of rotatable bonds is 4.